The molecule has 0 N–H and O–H groups in total. The minimum Gasteiger partial charge on any atom is -1.00 e. The van der Waals surface area contributed by atoms with Crippen LogP contribution in [0.4, 0.5) is 0 Å². The molecule has 0 atom stereocenters. The SMILES string of the molecule is C=CCC(=O)OC(=O)CCCCCCCCCCCCCCCCC.[H-].[Li+]. The fourth-order valence-corrected chi connectivity index (χ4v) is 2.98. The number of hydrogen-bond acceptors (Lipinski definition) is 3. The molecule has 0 unspecified atom stereocenters. The van der Waals surface area contributed by atoms with Crippen LogP contribution < -0.4 is 18.9 Å². The van der Waals surface area contributed by atoms with Gasteiger partial charge in [-0.3, -0.25) is 9.59 Å². The summed E-state index contributed by atoms with van der Waals surface area (Å²) < 4.78 is 4.66. The number of esters is 2. The van der Waals surface area contributed by atoms with Crippen LogP contribution in [0.25, 0.3) is 0 Å². The molecule has 0 saturated heterocycles. The summed E-state index contributed by atoms with van der Waals surface area (Å²) in [4.78, 5) is 22.5. The van der Waals surface area contributed by atoms with E-state index in [-0.39, 0.29) is 26.7 Å². The van der Waals surface area contributed by atoms with Gasteiger partial charge in [-0.15, -0.1) is 6.58 Å². The summed E-state index contributed by atoms with van der Waals surface area (Å²) in [5.41, 5.74) is 0. The molecule has 0 aromatic heterocycles. The predicted molar refractivity (Wildman–Crippen MR) is 107 cm³/mol. The molecule has 0 aromatic rings. The van der Waals surface area contributed by atoms with Crippen LogP contribution in [0.3, 0.4) is 0 Å². The van der Waals surface area contributed by atoms with E-state index < -0.39 is 11.9 Å². The van der Waals surface area contributed by atoms with Crippen molar-refractivity contribution in [2.75, 3.05) is 0 Å². The van der Waals surface area contributed by atoms with Gasteiger partial charge in [0.25, 0.3) is 0 Å². The first-order valence-electron chi connectivity index (χ1n) is 10.5. The molecule has 0 aromatic carbocycles. The first-order valence-corrected chi connectivity index (χ1v) is 10.5. The minimum absolute atomic E-state index is 0. The molecule has 0 amide bonds. The number of hydrogen-bond donors (Lipinski definition) is 0. The van der Waals surface area contributed by atoms with Crippen molar-refractivity contribution in [1.29, 1.82) is 0 Å². The number of unbranched alkanes of at least 4 members (excludes halogenated alkanes) is 14. The van der Waals surface area contributed by atoms with Crippen molar-refractivity contribution in [1.82, 2.24) is 0 Å². The van der Waals surface area contributed by atoms with Crippen LogP contribution in [0.5, 0.6) is 0 Å². The Labute approximate surface area is 175 Å². The zero-order valence-corrected chi connectivity index (χ0v) is 17.5. The van der Waals surface area contributed by atoms with Crippen molar-refractivity contribution in [3.63, 3.8) is 0 Å². The quantitative estimate of drug-likeness (QED) is 0.122. The predicted octanol–water partition coefficient (Wildman–Crippen LogP) is 4.01. The molecule has 0 saturated carbocycles. The Morgan fingerprint density at radius 1 is 0.731 bits per heavy atom. The van der Waals surface area contributed by atoms with Crippen molar-refractivity contribution in [3.05, 3.63) is 12.7 Å². The zero-order chi connectivity index (χ0) is 18.6. The van der Waals surface area contributed by atoms with Gasteiger partial charge in [0.2, 0.25) is 0 Å². The van der Waals surface area contributed by atoms with Crippen LogP contribution in [0.1, 0.15) is 118 Å². The van der Waals surface area contributed by atoms with Crippen LogP contribution in [-0.4, -0.2) is 11.9 Å². The van der Waals surface area contributed by atoms with Gasteiger partial charge >= 0.3 is 30.8 Å². The van der Waals surface area contributed by atoms with Gasteiger partial charge in [-0.1, -0.05) is 103 Å². The largest absolute Gasteiger partial charge is 1.00 e. The molecule has 0 aliphatic rings. The molecule has 0 bridgehead atoms. The van der Waals surface area contributed by atoms with E-state index >= 15 is 0 Å². The van der Waals surface area contributed by atoms with Crippen molar-refractivity contribution in [2.24, 2.45) is 0 Å². The first-order chi connectivity index (χ1) is 12.2. The molecular weight excluding hydrogens is 319 g/mol. The molecule has 3 nitrogen and oxygen atoms in total. The molecule has 0 spiro atoms. The minimum atomic E-state index is -0.499. The topological polar surface area (TPSA) is 43.4 Å². The van der Waals surface area contributed by atoms with Gasteiger partial charge in [-0.05, 0) is 6.42 Å². The number of carbonyl (C=O) groups excluding carboxylic acids is 2. The second kappa shape index (κ2) is 22.5. The molecule has 0 radical (unpaired) electrons. The Morgan fingerprint density at radius 2 is 1.12 bits per heavy atom. The monoisotopic (exact) mass is 360 g/mol. The van der Waals surface area contributed by atoms with Gasteiger partial charge in [0.05, 0.1) is 6.42 Å². The van der Waals surface area contributed by atoms with E-state index in [4.69, 9.17) is 0 Å². The van der Waals surface area contributed by atoms with E-state index in [0.717, 1.165) is 12.8 Å². The molecule has 0 aliphatic carbocycles. The standard InChI is InChI=1S/C22H40O3.Li.H/c1-3-5-6-7-8-9-10-11-12-13-14-15-16-17-18-20-22(24)25-21(23)19-4-2;;/h4H,2-3,5-20H2,1H3;;/q;+1;-1. The summed E-state index contributed by atoms with van der Waals surface area (Å²) in [7, 11) is 0. The van der Waals surface area contributed by atoms with Gasteiger partial charge in [-0.25, -0.2) is 0 Å². The maximum atomic E-state index is 11.4. The molecular formula is C22H41LiO3. The second-order valence-electron chi connectivity index (χ2n) is 7.04. The Bertz CT molecular complexity index is 348. The van der Waals surface area contributed by atoms with Crippen molar-refractivity contribution in [2.45, 2.75) is 116 Å². The van der Waals surface area contributed by atoms with Gasteiger partial charge < -0.3 is 6.16 Å². The van der Waals surface area contributed by atoms with Crippen molar-refractivity contribution in [3.8, 4) is 0 Å². The number of ether oxygens (including phenoxy) is 1. The molecule has 4 heteroatoms. The maximum Gasteiger partial charge on any atom is 1.00 e. The smallest absolute Gasteiger partial charge is 1.00 e. The summed E-state index contributed by atoms with van der Waals surface area (Å²) in [6.07, 6.45) is 21.4. The van der Waals surface area contributed by atoms with E-state index in [9.17, 15) is 9.59 Å². The summed E-state index contributed by atoms with van der Waals surface area (Å²) in [6.45, 7) is 5.71. The second-order valence-corrected chi connectivity index (χ2v) is 7.04. The van der Waals surface area contributed by atoms with Crippen LogP contribution >= 0.6 is 0 Å². The van der Waals surface area contributed by atoms with E-state index in [0.29, 0.717) is 6.42 Å². The third-order valence-corrected chi connectivity index (χ3v) is 4.52. The van der Waals surface area contributed by atoms with Gasteiger partial charge in [0.15, 0.2) is 0 Å². The van der Waals surface area contributed by atoms with Crippen LogP contribution in [0, 0.1) is 0 Å². The normalized spacial score (nSPS) is 10.2. The van der Waals surface area contributed by atoms with Gasteiger partial charge in [-0.2, -0.15) is 0 Å². The summed E-state index contributed by atoms with van der Waals surface area (Å²) in [5.74, 6) is -0.900. The maximum absolute atomic E-state index is 11.4. The van der Waals surface area contributed by atoms with E-state index in [1.54, 1.807) is 0 Å². The summed E-state index contributed by atoms with van der Waals surface area (Å²) in [5, 5.41) is 0. The van der Waals surface area contributed by atoms with Crippen molar-refractivity contribution < 1.29 is 34.6 Å². The first kappa shape index (κ1) is 27.7. The number of carbonyl (C=O) groups is 2. The van der Waals surface area contributed by atoms with Gasteiger partial charge in [0, 0.05) is 6.42 Å². The van der Waals surface area contributed by atoms with E-state index in [2.05, 4.69) is 18.2 Å². The molecule has 0 aliphatic heterocycles. The summed E-state index contributed by atoms with van der Waals surface area (Å²) in [6, 6.07) is 0. The molecule has 0 heterocycles. The number of rotatable bonds is 18. The van der Waals surface area contributed by atoms with E-state index in [1.165, 1.54) is 89.5 Å². The van der Waals surface area contributed by atoms with Crippen LogP contribution in [0.15, 0.2) is 12.7 Å². The zero-order valence-electron chi connectivity index (χ0n) is 18.5. The fraction of sp³-hybridized carbons (Fsp3) is 0.818. The average Bonchev–Trinajstić information content (AvgIpc) is 2.58. The van der Waals surface area contributed by atoms with Gasteiger partial charge in [0.1, 0.15) is 0 Å². The molecule has 0 fully saturated rings. The van der Waals surface area contributed by atoms with Crippen molar-refractivity contribution >= 4 is 11.9 Å². The summed E-state index contributed by atoms with van der Waals surface area (Å²) >= 11 is 0. The Balaban J connectivity index is -0.00000288. The Kier molecular flexibility index (Phi) is 24.0. The average molecular weight is 361 g/mol. The van der Waals surface area contributed by atoms with Crippen LogP contribution in [-0.2, 0) is 14.3 Å². The van der Waals surface area contributed by atoms with Crippen LogP contribution in [0.2, 0.25) is 0 Å². The molecule has 0 rings (SSSR count). The molecule has 148 valence electrons. The third-order valence-electron chi connectivity index (χ3n) is 4.52. The van der Waals surface area contributed by atoms with E-state index in [1.807, 2.05) is 0 Å². The fourth-order valence-electron chi connectivity index (χ4n) is 2.98. The third kappa shape index (κ3) is 21.5. The Hall–Kier alpha value is -0.523. The Morgan fingerprint density at radius 3 is 1.50 bits per heavy atom. The molecule has 26 heavy (non-hydrogen) atoms.